The standard InChI is InChI=1S/C20H17FN2O5/c1-11(23-18(25)13-7-3-4-8-14(13)19(23)26)20(27)28-12(2)17(24)22-16-10-6-5-9-15(16)21/h3-12H,1-2H3,(H,22,24)/t11-,12-/m1/s1. The zero-order valence-corrected chi connectivity index (χ0v) is 15.1. The molecule has 2 atom stereocenters. The van der Waals surface area contributed by atoms with Gasteiger partial charge in [-0.05, 0) is 38.1 Å². The van der Waals surface area contributed by atoms with Crippen LogP contribution >= 0.6 is 0 Å². The minimum absolute atomic E-state index is 0.0520. The van der Waals surface area contributed by atoms with Gasteiger partial charge in [0.1, 0.15) is 11.9 Å². The highest BCUT2D eigenvalue weighted by Crippen LogP contribution is 2.25. The Hall–Kier alpha value is -3.55. The van der Waals surface area contributed by atoms with E-state index in [0.29, 0.717) is 0 Å². The third-order valence-corrected chi connectivity index (χ3v) is 4.35. The topological polar surface area (TPSA) is 92.8 Å². The summed E-state index contributed by atoms with van der Waals surface area (Å²) in [5, 5.41) is 2.32. The average molecular weight is 384 g/mol. The van der Waals surface area contributed by atoms with E-state index in [1.54, 1.807) is 18.2 Å². The molecule has 8 heteroatoms. The number of ether oxygens (including phenoxy) is 1. The molecule has 1 aliphatic heterocycles. The van der Waals surface area contributed by atoms with Gasteiger partial charge in [0, 0.05) is 0 Å². The molecule has 0 spiro atoms. The van der Waals surface area contributed by atoms with Gasteiger partial charge >= 0.3 is 5.97 Å². The number of imide groups is 1. The fraction of sp³-hybridized carbons (Fsp3) is 0.200. The molecule has 144 valence electrons. The lowest BCUT2D eigenvalue weighted by Crippen LogP contribution is -2.45. The van der Waals surface area contributed by atoms with Crippen molar-refractivity contribution in [1.82, 2.24) is 4.90 Å². The Morgan fingerprint density at radius 2 is 1.50 bits per heavy atom. The summed E-state index contributed by atoms with van der Waals surface area (Å²) in [5.41, 5.74) is 0.360. The number of hydrogen-bond donors (Lipinski definition) is 1. The van der Waals surface area contributed by atoms with E-state index in [-0.39, 0.29) is 16.8 Å². The van der Waals surface area contributed by atoms with Gasteiger partial charge in [0.2, 0.25) is 0 Å². The lowest BCUT2D eigenvalue weighted by molar-refractivity contribution is -0.156. The molecule has 0 fully saturated rings. The molecule has 3 rings (SSSR count). The van der Waals surface area contributed by atoms with Crippen molar-refractivity contribution in [3.63, 3.8) is 0 Å². The van der Waals surface area contributed by atoms with E-state index in [9.17, 15) is 23.6 Å². The first-order valence-corrected chi connectivity index (χ1v) is 8.54. The minimum Gasteiger partial charge on any atom is -0.451 e. The van der Waals surface area contributed by atoms with Crippen molar-refractivity contribution in [2.24, 2.45) is 0 Å². The summed E-state index contributed by atoms with van der Waals surface area (Å²) in [5.74, 6) is -3.51. The molecule has 2 aromatic carbocycles. The van der Waals surface area contributed by atoms with Gasteiger partial charge in [-0.15, -0.1) is 0 Å². The van der Waals surface area contributed by atoms with Crippen LogP contribution in [0.3, 0.4) is 0 Å². The maximum atomic E-state index is 13.6. The van der Waals surface area contributed by atoms with Crippen LogP contribution in [0.2, 0.25) is 0 Å². The largest absolute Gasteiger partial charge is 0.451 e. The summed E-state index contributed by atoms with van der Waals surface area (Å²) in [6, 6.07) is 10.6. The van der Waals surface area contributed by atoms with Crippen LogP contribution in [0.5, 0.6) is 0 Å². The fourth-order valence-corrected chi connectivity index (χ4v) is 2.79. The molecule has 7 nitrogen and oxygen atoms in total. The number of amides is 3. The second-order valence-corrected chi connectivity index (χ2v) is 6.25. The predicted octanol–water partition coefficient (Wildman–Crippen LogP) is 2.38. The summed E-state index contributed by atoms with van der Waals surface area (Å²) < 4.78 is 18.7. The Morgan fingerprint density at radius 3 is 2.07 bits per heavy atom. The van der Waals surface area contributed by atoms with Crippen LogP contribution in [0.4, 0.5) is 10.1 Å². The molecule has 0 saturated heterocycles. The molecule has 3 amide bonds. The van der Waals surface area contributed by atoms with Crippen molar-refractivity contribution in [2.75, 3.05) is 5.32 Å². The van der Waals surface area contributed by atoms with Gasteiger partial charge in [-0.1, -0.05) is 24.3 Å². The number of halogens is 1. The molecular formula is C20H17FN2O5. The molecule has 1 N–H and O–H groups in total. The van der Waals surface area contributed by atoms with Gasteiger partial charge in [-0.2, -0.15) is 0 Å². The van der Waals surface area contributed by atoms with Crippen molar-refractivity contribution in [1.29, 1.82) is 0 Å². The lowest BCUT2D eigenvalue weighted by atomic mass is 10.1. The van der Waals surface area contributed by atoms with Crippen molar-refractivity contribution in [3.05, 3.63) is 65.5 Å². The van der Waals surface area contributed by atoms with Gasteiger partial charge < -0.3 is 10.1 Å². The zero-order chi connectivity index (χ0) is 20.4. The van der Waals surface area contributed by atoms with Gasteiger partial charge in [-0.25, -0.2) is 9.18 Å². The maximum absolute atomic E-state index is 13.6. The van der Waals surface area contributed by atoms with Crippen molar-refractivity contribution in [3.8, 4) is 0 Å². The number of nitrogens with one attached hydrogen (secondary N) is 1. The number of carbonyl (C=O) groups is 4. The molecule has 1 heterocycles. The second-order valence-electron chi connectivity index (χ2n) is 6.25. The summed E-state index contributed by atoms with van der Waals surface area (Å²) in [7, 11) is 0. The van der Waals surface area contributed by atoms with E-state index in [0.717, 1.165) is 4.90 Å². The summed E-state index contributed by atoms with van der Waals surface area (Å²) in [6.45, 7) is 2.65. The summed E-state index contributed by atoms with van der Waals surface area (Å²) in [6.07, 6.45) is -1.26. The van der Waals surface area contributed by atoms with E-state index in [1.165, 1.54) is 44.2 Å². The van der Waals surface area contributed by atoms with Crippen molar-refractivity contribution < 1.29 is 28.3 Å². The maximum Gasteiger partial charge on any atom is 0.329 e. The first-order valence-electron chi connectivity index (χ1n) is 8.54. The normalized spacial score (nSPS) is 15.0. The highest BCUT2D eigenvalue weighted by molar-refractivity contribution is 6.22. The smallest absolute Gasteiger partial charge is 0.329 e. The molecule has 0 unspecified atom stereocenters. The Morgan fingerprint density at radius 1 is 0.964 bits per heavy atom. The Kier molecular flexibility index (Phi) is 5.21. The van der Waals surface area contributed by atoms with Crippen molar-refractivity contribution in [2.45, 2.75) is 26.0 Å². The molecule has 0 saturated carbocycles. The monoisotopic (exact) mass is 384 g/mol. The molecule has 0 aliphatic carbocycles. The number of anilines is 1. The second kappa shape index (κ2) is 7.59. The molecule has 28 heavy (non-hydrogen) atoms. The summed E-state index contributed by atoms with van der Waals surface area (Å²) in [4.78, 5) is 50.2. The van der Waals surface area contributed by atoms with Crippen LogP contribution in [0.15, 0.2) is 48.5 Å². The SMILES string of the molecule is C[C@H](C(=O)O[C@H](C)C(=O)Nc1ccccc1F)N1C(=O)c2ccccc2C1=O. The van der Waals surface area contributed by atoms with Gasteiger partial charge in [0.25, 0.3) is 17.7 Å². The first kappa shape index (κ1) is 19.2. The minimum atomic E-state index is -1.26. The first-order chi connectivity index (χ1) is 13.3. The number of nitrogens with zero attached hydrogens (tertiary/aromatic N) is 1. The number of benzene rings is 2. The van der Waals surface area contributed by atoms with Crippen LogP contribution in [0.1, 0.15) is 34.6 Å². The number of carbonyl (C=O) groups excluding carboxylic acids is 4. The summed E-state index contributed by atoms with van der Waals surface area (Å²) >= 11 is 0. The number of para-hydroxylation sites is 1. The van der Waals surface area contributed by atoms with E-state index in [4.69, 9.17) is 4.74 Å². The van der Waals surface area contributed by atoms with Crippen molar-refractivity contribution >= 4 is 29.4 Å². The van der Waals surface area contributed by atoms with Crippen LogP contribution in [0.25, 0.3) is 0 Å². The molecular weight excluding hydrogens is 367 g/mol. The number of esters is 1. The number of hydrogen-bond acceptors (Lipinski definition) is 5. The molecule has 0 aromatic heterocycles. The van der Waals surface area contributed by atoms with E-state index in [1.807, 2.05) is 0 Å². The Labute approximate surface area is 160 Å². The van der Waals surface area contributed by atoms with Gasteiger partial charge in [-0.3, -0.25) is 19.3 Å². The average Bonchev–Trinajstić information content (AvgIpc) is 2.93. The van der Waals surface area contributed by atoms with Crippen LogP contribution in [-0.2, 0) is 14.3 Å². The predicted molar refractivity (Wildman–Crippen MR) is 97.0 cm³/mol. The third-order valence-electron chi connectivity index (χ3n) is 4.35. The zero-order valence-electron chi connectivity index (χ0n) is 15.1. The molecule has 0 radical (unpaired) electrons. The van der Waals surface area contributed by atoms with E-state index < -0.39 is 41.7 Å². The van der Waals surface area contributed by atoms with Gasteiger partial charge in [0.05, 0.1) is 16.8 Å². The Balaban J connectivity index is 1.66. The molecule has 0 bridgehead atoms. The van der Waals surface area contributed by atoms with E-state index >= 15 is 0 Å². The quantitative estimate of drug-likeness (QED) is 0.631. The molecule has 1 aliphatic rings. The lowest BCUT2D eigenvalue weighted by Gasteiger charge is -2.22. The molecule has 2 aromatic rings. The van der Waals surface area contributed by atoms with Crippen LogP contribution < -0.4 is 5.32 Å². The van der Waals surface area contributed by atoms with Crippen LogP contribution in [-0.4, -0.2) is 40.7 Å². The number of rotatable bonds is 5. The van der Waals surface area contributed by atoms with E-state index in [2.05, 4.69) is 5.32 Å². The highest BCUT2D eigenvalue weighted by Gasteiger charge is 2.41. The third kappa shape index (κ3) is 3.48. The highest BCUT2D eigenvalue weighted by atomic mass is 19.1. The Bertz CT molecular complexity index is 940. The van der Waals surface area contributed by atoms with Crippen LogP contribution in [0, 0.1) is 5.82 Å². The fourth-order valence-electron chi connectivity index (χ4n) is 2.79. The van der Waals surface area contributed by atoms with Gasteiger partial charge in [0.15, 0.2) is 6.10 Å². The number of fused-ring (bicyclic) bond motifs is 1.